The quantitative estimate of drug-likeness (QED) is 0.897. The first-order valence-electron chi connectivity index (χ1n) is 6.93. The SMILES string of the molecule is CC(C)c1n[nH]c2c1CN(C(=O)C(C)N(C)C)CC2. The molecule has 0 aliphatic carbocycles. The first kappa shape index (κ1) is 14.1. The Hall–Kier alpha value is -1.36. The van der Waals surface area contributed by atoms with E-state index in [1.165, 1.54) is 11.3 Å². The summed E-state index contributed by atoms with van der Waals surface area (Å²) in [5, 5.41) is 7.52. The molecule has 1 amide bonds. The average Bonchev–Trinajstić information content (AvgIpc) is 2.79. The summed E-state index contributed by atoms with van der Waals surface area (Å²) in [5.74, 6) is 0.591. The molecule has 0 saturated heterocycles. The summed E-state index contributed by atoms with van der Waals surface area (Å²) in [6.45, 7) is 7.70. The zero-order valence-electron chi connectivity index (χ0n) is 12.5. The molecule has 0 saturated carbocycles. The van der Waals surface area contributed by atoms with Crippen molar-refractivity contribution in [3.63, 3.8) is 0 Å². The maximum Gasteiger partial charge on any atom is 0.239 e. The Balaban J connectivity index is 2.17. The number of H-pyrrole nitrogens is 1. The molecule has 2 rings (SSSR count). The summed E-state index contributed by atoms with van der Waals surface area (Å²) in [4.78, 5) is 16.3. The smallest absolute Gasteiger partial charge is 0.239 e. The van der Waals surface area contributed by atoms with Crippen molar-refractivity contribution in [3.8, 4) is 0 Å². The zero-order chi connectivity index (χ0) is 14.2. The molecule has 1 N–H and O–H groups in total. The van der Waals surface area contributed by atoms with Crippen molar-refractivity contribution in [2.24, 2.45) is 0 Å². The van der Waals surface area contributed by atoms with Gasteiger partial charge in [-0.1, -0.05) is 13.8 Å². The van der Waals surface area contributed by atoms with Crippen LogP contribution in [0.5, 0.6) is 0 Å². The zero-order valence-corrected chi connectivity index (χ0v) is 12.5. The van der Waals surface area contributed by atoms with Crippen LogP contribution >= 0.6 is 0 Å². The maximum absolute atomic E-state index is 12.4. The van der Waals surface area contributed by atoms with Crippen LogP contribution in [0.1, 0.15) is 43.6 Å². The minimum absolute atomic E-state index is 0.0732. The molecular weight excluding hydrogens is 240 g/mol. The number of fused-ring (bicyclic) bond motifs is 1. The number of hydrogen-bond acceptors (Lipinski definition) is 3. The van der Waals surface area contributed by atoms with Gasteiger partial charge in [0.05, 0.1) is 11.7 Å². The van der Waals surface area contributed by atoms with E-state index >= 15 is 0 Å². The first-order chi connectivity index (χ1) is 8.91. The lowest BCUT2D eigenvalue weighted by molar-refractivity contribution is -0.136. The van der Waals surface area contributed by atoms with Gasteiger partial charge in [0.1, 0.15) is 0 Å². The summed E-state index contributed by atoms with van der Waals surface area (Å²) in [5.41, 5.74) is 3.52. The number of rotatable bonds is 3. The summed E-state index contributed by atoms with van der Waals surface area (Å²) in [7, 11) is 3.88. The van der Waals surface area contributed by atoms with Gasteiger partial charge in [-0.25, -0.2) is 0 Å². The van der Waals surface area contributed by atoms with Crippen molar-refractivity contribution in [2.75, 3.05) is 20.6 Å². The molecule has 1 unspecified atom stereocenters. The van der Waals surface area contributed by atoms with Gasteiger partial charge in [0.15, 0.2) is 0 Å². The van der Waals surface area contributed by atoms with E-state index in [0.29, 0.717) is 12.5 Å². The number of nitrogens with one attached hydrogen (secondary N) is 1. The molecule has 2 heterocycles. The van der Waals surface area contributed by atoms with Crippen LogP contribution in [0.25, 0.3) is 0 Å². The van der Waals surface area contributed by atoms with Crippen molar-refractivity contribution in [2.45, 2.75) is 45.7 Å². The van der Waals surface area contributed by atoms with Gasteiger partial charge in [-0.2, -0.15) is 5.10 Å². The molecule has 1 aromatic heterocycles. The van der Waals surface area contributed by atoms with E-state index in [4.69, 9.17) is 0 Å². The minimum Gasteiger partial charge on any atom is -0.336 e. The second-order valence-corrected chi connectivity index (χ2v) is 5.87. The summed E-state index contributed by atoms with van der Waals surface area (Å²) < 4.78 is 0. The van der Waals surface area contributed by atoms with Crippen LogP contribution in [-0.4, -0.2) is 52.6 Å². The highest BCUT2D eigenvalue weighted by atomic mass is 16.2. The second-order valence-electron chi connectivity index (χ2n) is 5.87. The van der Waals surface area contributed by atoms with Crippen LogP contribution in [-0.2, 0) is 17.8 Å². The molecule has 1 atom stereocenters. The fourth-order valence-electron chi connectivity index (χ4n) is 2.47. The highest BCUT2D eigenvalue weighted by molar-refractivity contribution is 5.81. The normalized spacial score (nSPS) is 16.9. The third kappa shape index (κ3) is 2.66. The van der Waals surface area contributed by atoms with Gasteiger partial charge in [-0.3, -0.25) is 14.8 Å². The molecule has 1 aliphatic heterocycles. The van der Waals surface area contributed by atoms with Crippen LogP contribution < -0.4 is 0 Å². The molecule has 106 valence electrons. The highest BCUT2D eigenvalue weighted by Crippen LogP contribution is 2.25. The number of nitrogens with zero attached hydrogens (tertiary/aromatic N) is 3. The molecule has 5 nitrogen and oxygen atoms in total. The van der Waals surface area contributed by atoms with Gasteiger partial charge in [0, 0.05) is 30.8 Å². The summed E-state index contributed by atoms with van der Waals surface area (Å²) in [6, 6.07) is -0.0732. The van der Waals surface area contributed by atoms with E-state index in [2.05, 4.69) is 24.0 Å². The van der Waals surface area contributed by atoms with E-state index in [1.54, 1.807) is 0 Å². The lowest BCUT2D eigenvalue weighted by Gasteiger charge is -2.31. The number of amides is 1. The third-order valence-corrected chi connectivity index (χ3v) is 3.96. The third-order valence-electron chi connectivity index (χ3n) is 3.96. The number of aromatic amines is 1. The number of carbonyl (C=O) groups is 1. The molecule has 19 heavy (non-hydrogen) atoms. The molecule has 0 aromatic carbocycles. The van der Waals surface area contributed by atoms with E-state index in [9.17, 15) is 4.79 Å². The van der Waals surface area contributed by atoms with Crippen molar-refractivity contribution in [1.82, 2.24) is 20.0 Å². The largest absolute Gasteiger partial charge is 0.336 e. The molecule has 0 radical (unpaired) electrons. The predicted octanol–water partition coefficient (Wildman–Crippen LogP) is 1.37. The Bertz CT molecular complexity index is 464. The second kappa shape index (κ2) is 5.33. The van der Waals surface area contributed by atoms with Crippen LogP contribution in [0.4, 0.5) is 0 Å². The summed E-state index contributed by atoms with van der Waals surface area (Å²) >= 11 is 0. The number of likely N-dealkylation sites (N-methyl/N-ethyl adjacent to an activating group) is 1. The molecule has 5 heteroatoms. The van der Waals surface area contributed by atoms with E-state index in [-0.39, 0.29) is 11.9 Å². The standard InChI is InChI=1S/C14H24N4O/c1-9(2)13-11-8-18(7-6-12(11)15-16-13)14(19)10(3)17(4)5/h9-10H,6-8H2,1-5H3,(H,15,16). The average molecular weight is 264 g/mol. The van der Waals surface area contributed by atoms with Crippen LogP contribution in [0.15, 0.2) is 0 Å². The molecular formula is C14H24N4O. The highest BCUT2D eigenvalue weighted by Gasteiger charge is 2.28. The van der Waals surface area contributed by atoms with Crippen LogP contribution in [0.3, 0.4) is 0 Å². The van der Waals surface area contributed by atoms with Gasteiger partial charge in [0.25, 0.3) is 0 Å². The van der Waals surface area contributed by atoms with Crippen molar-refractivity contribution < 1.29 is 4.79 Å². The van der Waals surface area contributed by atoms with E-state index in [1.807, 2.05) is 30.8 Å². The van der Waals surface area contributed by atoms with Crippen molar-refractivity contribution in [1.29, 1.82) is 0 Å². The molecule has 0 bridgehead atoms. The monoisotopic (exact) mass is 264 g/mol. The van der Waals surface area contributed by atoms with Gasteiger partial charge >= 0.3 is 0 Å². The fourth-order valence-corrected chi connectivity index (χ4v) is 2.47. The fraction of sp³-hybridized carbons (Fsp3) is 0.714. The predicted molar refractivity (Wildman–Crippen MR) is 74.9 cm³/mol. The minimum atomic E-state index is -0.0732. The lowest BCUT2D eigenvalue weighted by Crippen LogP contribution is -2.46. The van der Waals surface area contributed by atoms with Crippen molar-refractivity contribution >= 4 is 5.91 Å². The van der Waals surface area contributed by atoms with Crippen LogP contribution in [0.2, 0.25) is 0 Å². The molecule has 0 spiro atoms. The Morgan fingerprint density at radius 2 is 2.05 bits per heavy atom. The Kier molecular flexibility index (Phi) is 3.94. The number of hydrogen-bond donors (Lipinski definition) is 1. The van der Waals surface area contributed by atoms with Gasteiger partial charge in [-0.05, 0) is 26.9 Å². The number of carbonyl (C=O) groups excluding carboxylic acids is 1. The first-order valence-corrected chi connectivity index (χ1v) is 6.93. The lowest BCUT2D eigenvalue weighted by atomic mass is 9.99. The van der Waals surface area contributed by atoms with Crippen molar-refractivity contribution in [3.05, 3.63) is 17.0 Å². The Morgan fingerprint density at radius 1 is 1.37 bits per heavy atom. The molecule has 1 aromatic rings. The van der Waals surface area contributed by atoms with E-state index < -0.39 is 0 Å². The Labute approximate surface area is 115 Å². The van der Waals surface area contributed by atoms with Gasteiger partial charge < -0.3 is 4.90 Å². The molecule has 0 fully saturated rings. The van der Waals surface area contributed by atoms with E-state index in [0.717, 1.165) is 18.7 Å². The van der Waals surface area contributed by atoms with Crippen LogP contribution in [0, 0.1) is 0 Å². The van der Waals surface area contributed by atoms with Gasteiger partial charge in [-0.15, -0.1) is 0 Å². The molecule has 1 aliphatic rings. The Morgan fingerprint density at radius 3 is 2.63 bits per heavy atom. The summed E-state index contributed by atoms with van der Waals surface area (Å²) in [6.07, 6.45) is 0.876. The topological polar surface area (TPSA) is 52.2 Å². The maximum atomic E-state index is 12.4. The number of aromatic nitrogens is 2. The van der Waals surface area contributed by atoms with Gasteiger partial charge in [0.2, 0.25) is 5.91 Å².